The number of amides is 1. The molecule has 0 aliphatic heterocycles. The topological polar surface area (TPSA) is 46.9 Å². The van der Waals surface area contributed by atoms with Crippen molar-refractivity contribution < 1.29 is 13.6 Å². The van der Waals surface area contributed by atoms with Gasteiger partial charge in [0.2, 0.25) is 0 Å². The zero-order valence-electron chi connectivity index (χ0n) is 11.3. The van der Waals surface area contributed by atoms with Crippen LogP contribution in [0.15, 0.2) is 24.3 Å². The normalized spacial score (nSPS) is 10.6. The molecule has 0 aliphatic carbocycles. The van der Waals surface area contributed by atoms with Crippen molar-refractivity contribution in [3.63, 3.8) is 0 Å². The van der Waals surface area contributed by atoms with Gasteiger partial charge in [0, 0.05) is 12.2 Å². The van der Waals surface area contributed by atoms with Crippen molar-refractivity contribution in [1.29, 1.82) is 0 Å². The van der Waals surface area contributed by atoms with Crippen molar-refractivity contribution in [2.24, 2.45) is 0 Å². The van der Waals surface area contributed by atoms with Gasteiger partial charge in [-0.25, -0.2) is 8.78 Å². The monoisotopic (exact) mass is 279 g/mol. The Bertz CT molecular complexity index is 637. The molecular weight excluding hydrogens is 264 g/mol. The highest BCUT2D eigenvalue weighted by atomic mass is 19.1. The summed E-state index contributed by atoms with van der Waals surface area (Å²) in [7, 11) is 0. The predicted octanol–water partition coefficient (Wildman–Crippen LogP) is 2.21. The molecule has 0 aliphatic rings. The fourth-order valence-electron chi connectivity index (χ4n) is 1.94. The van der Waals surface area contributed by atoms with Gasteiger partial charge in [-0.15, -0.1) is 0 Å². The molecule has 2 rings (SSSR count). The highest BCUT2D eigenvalue weighted by Gasteiger charge is 2.12. The molecule has 0 bridgehead atoms. The minimum Gasteiger partial charge on any atom is -0.350 e. The van der Waals surface area contributed by atoms with Crippen LogP contribution in [0, 0.1) is 25.5 Å². The van der Waals surface area contributed by atoms with E-state index in [0.29, 0.717) is 6.54 Å². The lowest BCUT2D eigenvalue weighted by Gasteiger charge is -2.07. The third kappa shape index (κ3) is 3.20. The predicted molar refractivity (Wildman–Crippen MR) is 70.4 cm³/mol. The van der Waals surface area contributed by atoms with Crippen LogP contribution in [-0.4, -0.2) is 22.2 Å². The molecule has 0 atom stereocenters. The lowest BCUT2D eigenvalue weighted by molar-refractivity contribution is 0.0947. The van der Waals surface area contributed by atoms with Gasteiger partial charge in [0.15, 0.2) is 0 Å². The van der Waals surface area contributed by atoms with Gasteiger partial charge in [-0.2, -0.15) is 5.10 Å². The van der Waals surface area contributed by atoms with E-state index >= 15 is 0 Å². The number of nitrogens with one attached hydrogen (secondary N) is 1. The highest BCUT2D eigenvalue weighted by molar-refractivity contribution is 5.94. The molecule has 0 fully saturated rings. The van der Waals surface area contributed by atoms with Crippen LogP contribution in [-0.2, 0) is 6.54 Å². The minimum absolute atomic E-state index is 0.288. The first-order valence-electron chi connectivity index (χ1n) is 6.21. The first-order valence-corrected chi connectivity index (χ1v) is 6.21. The zero-order valence-corrected chi connectivity index (χ0v) is 11.3. The van der Waals surface area contributed by atoms with Gasteiger partial charge in [0.1, 0.15) is 11.6 Å². The Labute approximate surface area is 115 Å². The van der Waals surface area contributed by atoms with Gasteiger partial charge in [-0.1, -0.05) is 0 Å². The summed E-state index contributed by atoms with van der Waals surface area (Å²) in [4.78, 5) is 11.8. The summed E-state index contributed by atoms with van der Waals surface area (Å²) in [6.45, 7) is 4.55. The Morgan fingerprint density at radius 2 is 2.05 bits per heavy atom. The third-order valence-corrected chi connectivity index (χ3v) is 2.89. The van der Waals surface area contributed by atoms with E-state index in [-0.39, 0.29) is 12.1 Å². The van der Waals surface area contributed by atoms with Gasteiger partial charge in [-0.3, -0.25) is 9.48 Å². The average Bonchev–Trinajstić information content (AvgIpc) is 2.71. The third-order valence-electron chi connectivity index (χ3n) is 2.89. The summed E-state index contributed by atoms with van der Waals surface area (Å²) < 4.78 is 28.1. The Morgan fingerprint density at radius 1 is 1.30 bits per heavy atom. The molecule has 1 heterocycles. The number of hydrogen-bond donors (Lipinski definition) is 1. The largest absolute Gasteiger partial charge is 0.350 e. The number of nitrogens with zero attached hydrogens (tertiary/aromatic N) is 2. The van der Waals surface area contributed by atoms with Crippen LogP contribution in [0.4, 0.5) is 8.78 Å². The first kappa shape index (κ1) is 14.2. The summed E-state index contributed by atoms with van der Waals surface area (Å²) in [5.41, 5.74) is 1.58. The van der Waals surface area contributed by atoms with Crippen molar-refractivity contribution in [2.75, 3.05) is 6.54 Å². The number of hydrogen-bond acceptors (Lipinski definition) is 2. The maximum absolute atomic E-state index is 13.4. The maximum atomic E-state index is 13.4. The fraction of sp³-hybridized carbons (Fsp3) is 0.286. The van der Waals surface area contributed by atoms with Crippen molar-refractivity contribution in [3.05, 3.63) is 52.9 Å². The molecule has 1 aromatic carbocycles. The second kappa shape index (κ2) is 5.81. The van der Waals surface area contributed by atoms with Crippen LogP contribution >= 0.6 is 0 Å². The van der Waals surface area contributed by atoms with Gasteiger partial charge in [0.25, 0.3) is 5.91 Å². The molecule has 0 radical (unpaired) electrons. The summed E-state index contributed by atoms with van der Waals surface area (Å²) in [5.74, 6) is -2.02. The highest BCUT2D eigenvalue weighted by Crippen LogP contribution is 2.09. The number of carbonyl (C=O) groups excluding carboxylic acids is 1. The van der Waals surface area contributed by atoms with E-state index in [1.165, 1.54) is 0 Å². The smallest absolute Gasteiger partial charge is 0.254 e. The Hall–Kier alpha value is -2.24. The van der Waals surface area contributed by atoms with Crippen molar-refractivity contribution >= 4 is 5.91 Å². The molecule has 0 unspecified atom stereocenters. The summed E-state index contributed by atoms with van der Waals surface area (Å²) in [5, 5.41) is 6.79. The van der Waals surface area contributed by atoms with Crippen molar-refractivity contribution in [3.8, 4) is 0 Å². The Kier molecular flexibility index (Phi) is 4.12. The van der Waals surface area contributed by atoms with Crippen LogP contribution in [0.2, 0.25) is 0 Å². The molecule has 1 amide bonds. The lowest BCUT2D eigenvalue weighted by atomic mass is 10.2. The number of rotatable bonds is 4. The maximum Gasteiger partial charge on any atom is 0.254 e. The van der Waals surface area contributed by atoms with Gasteiger partial charge >= 0.3 is 0 Å². The molecule has 20 heavy (non-hydrogen) atoms. The molecule has 4 nitrogen and oxygen atoms in total. The second-order valence-electron chi connectivity index (χ2n) is 4.53. The number of benzene rings is 1. The van der Waals surface area contributed by atoms with Gasteiger partial charge in [-0.05, 0) is 38.1 Å². The SMILES string of the molecule is Cc1cc(C)n(CCNC(=O)c2cc(F)ccc2F)n1. The standard InChI is InChI=1S/C14H15F2N3O/c1-9-7-10(2)19(18-9)6-5-17-14(20)12-8-11(15)3-4-13(12)16/h3-4,7-8H,5-6H2,1-2H3,(H,17,20). The van der Waals surface area contributed by atoms with Gasteiger partial charge in [0.05, 0.1) is 17.8 Å². The quantitative estimate of drug-likeness (QED) is 0.932. The second-order valence-corrected chi connectivity index (χ2v) is 4.53. The molecule has 1 aromatic heterocycles. The molecule has 2 aromatic rings. The molecule has 0 spiro atoms. The lowest BCUT2D eigenvalue weighted by Crippen LogP contribution is -2.28. The molecule has 6 heteroatoms. The van der Waals surface area contributed by atoms with Crippen LogP contribution in [0.5, 0.6) is 0 Å². The van der Waals surface area contributed by atoms with E-state index in [0.717, 1.165) is 29.6 Å². The zero-order chi connectivity index (χ0) is 14.7. The van der Waals surface area contributed by atoms with Crippen molar-refractivity contribution in [2.45, 2.75) is 20.4 Å². The molecule has 0 saturated heterocycles. The number of halogens is 2. The average molecular weight is 279 g/mol. The van der Waals surface area contributed by atoms with Crippen LogP contribution in [0.25, 0.3) is 0 Å². The van der Waals surface area contributed by atoms with E-state index in [2.05, 4.69) is 10.4 Å². The number of aromatic nitrogens is 2. The summed E-state index contributed by atoms with van der Waals surface area (Å²) >= 11 is 0. The van der Waals surface area contributed by atoms with Gasteiger partial charge < -0.3 is 5.32 Å². The molecule has 1 N–H and O–H groups in total. The first-order chi connectivity index (χ1) is 9.47. The molecule has 106 valence electrons. The van der Waals surface area contributed by atoms with E-state index in [9.17, 15) is 13.6 Å². The number of carbonyl (C=O) groups is 1. The van der Waals surface area contributed by atoms with E-state index in [4.69, 9.17) is 0 Å². The Morgan fingerprint density at radius 3 is 2.70 bits per heavy atom. The number of aryl methyl sites for hydroxylation is 2. The minimum atomic E-state index is -0.741. The van der Waals surface area contributed by atoms with E-state index in [1.54, 1.807) is 4.68 Å². The van der Waals surface area contributed by atoms with Crippen LogP contribution in [0.1, 0.15) is 21.7 Å². The van der Waals surface area contributed by atoms with E-state index in [1.807, 2.05) is 19.9 Å². The Balaban J connectivity index is 1.95. The van der Waals surface area contributed by atoms with Crippen LogP contribution in [0.3, 0.4) is 0 Å². The fourth-order valence-corrected chi connectivity index (χ4v) is 1.94. The molecule has 0 saturated carbocycles. The van der Waals surface area contributed by atoms with Crippen LogP contribution < -0.4 is 5.32 Å². The van der Waals surface area contributed by atoms with E-state index < -0.39 is 17.5 Å². The summed E-state index contributed by atoms with van der Waals surface area (Å²) in [6.07, 6.45) is 0. The summed E-state index contributed by atoms with van der Waals surface area (Å²) in [6, 6.07) is 4.72. The molecular formula is C14H15F2N3O. The van der Waals surface area contributed by atoms with Crippen molar-refractivity contribution in [1.82, 2.24) is 15.1 Å².